The quantitative estimate of drug-likeness (QED) is 0.673. The van der Waals surface area contributed by atoms with Crippen molar-refractivity contribution < 1.29 is 9.59 Å². The largest absolute Gasteiger partial charge is 0.339 e. The number of pyridine rings is 1. The minimum atomic E-state index is -0.110. The van der Waals surface area contributed by atoms with Gasteiger partial charge >= 0.3 is 0 Å². The summed E-state index contributed by atoms with van der Waals surface area (Å²) in [6, 6.07) is 11.6. The number of nitrogens with zero attached hydrogens (tertiary/aromatic N) is 3. The van der Waals surface area contributed by atoms with Crippen molar-refractivity contribution in [2.75, 3.05) is 19.6 Å². The molecule has 0 fully saturated rings. The first-order valence-electron chi connectivity index (χ1n) is 9.68. The summed E-state index contributed by atoms with van der Waals surface area (Å²) in [6.07, 6.45) is 4.89. The first-order chi connectivity index (χ1) is 13.1. The van der Waals surface area contributed by atoms with Crippen molar-refractivity contribution in [3.05, 3.63) is 65.5 Å². The average Bonchev–Trinajstić information content (AvgIpc) is 2.71. The van der Waals surface area contributed by atoms with Gasteiger partial charge in [-0.2, -0.15) is 0 Å². The Morgan fingerprint density at radius 3 is 1.93 bits per heavy atom. The van der Waals surface area contributed by atoms with Crippen LogP contribution in [0.3, 0.4) is 0 Å². The Kier molecular flexibility index (Phi) is 7.99. The number of rotatable bonds is 9. The van der Waals surface area contributed by atoms with E-state index in [0.29, 0.717) is 37.3 Å². The van der Waals surface area contributed by atoms with Crippen molar-refractivity contribution in [1.82, 2.24) is 14.8 Å². The second kappa shape index (κ2) is 10.5. The maximum atomic E-state index is 12.9. The fraction of sp³-hybridized carbons (Fsp3) is 0.409. The number of hydrogen-bond acceptors (Lipinski definition) is 3. The van der Waals surface area contributed by atoms with Crippen LogP contribution in [-0.2, 0) is 6.54 Å². The third-order valence-electron chi connectivity index (χ3n) is 4.39. The van der Waals surface area contributed by atoms with Crippen LogP contribution in [-0.4, -0.2) is 46.2 Å². The van der Waals surface area contributed by atoms with Gasteiger partial charge in [-0.3, -0.25) is 14.6 Å². The fourth-order valence-corrected chi connectivity index (χ4v) is 3.02. The van der Waals surface area contributed by atoms with Crippen LogP contribution in [0.2, 0.25) is 0 Å². The zero-order chi connectivity index (χ0) is 19.6. The fourth-order valence-electron chi connectivity index (χ4n) is 3.02. The van der Waals surface area contributed by atoms with E-state index >= 15 is 0 Å². The second-order valence-electron chi connectivity index (χ2n) is 6.56. The lowest BCUT2D eigenvalue weighted by molar-refractivity contribution is 0.0751. The first-order valence-corrected chi connectivity index (χ1v) is 9.68. The Morgan fingerprint density at radius 1 is 0.852 bits per heavy atom. The summed E-state index contributed by atoms with van der Waals surface area (Å²) in [6.45, 7) is 8.59. The highest BCUT2D eigenvalue weighted by molar-refractivity contribution is 5.99. The van der Waals surface area contributed by atoms with E-state index in [1.807, 2.05) is 42.2 Å². The molecule has 2 amide bonds. The molecule has 0 bridgehead atoms. The van der Waals surface area contributed by atoms with Gasteiger partial charge in [-0.1, -0.05) is 44.2 Å². The zero-order valence-electron chi connectivity index (χ0n) is 16.5. The molecule has 5 heteroatoms. The Balaban J connectivity index is 2.19. The molecule has 2 rings (SSSR count). The Hall–Kier alpha value is -2.69. The van der Waals surface area contributed by atoms with Gasteiger partial charge in [-0.05, 0) is 31.4 Å². The second-order valence-corrected chi connectivity index (χ2v) is 6.56. The highest BCUT2D eigenvalue weighted by Crippen LogP contribution is 2.13. The van der Waals surface area contributed by atoms with Crippen molar-refractivity contribution in [3.8, 4) is 0 Å². The average molecular weight is 367 g/mol. The lowest BCUT2D eigenvalue weighted by Gasteiger charge is -2.23. The normalized spacial score (nSPS) is 10.5. The summed E-state index contributed by atoms with van der Waals surface area (Å²) < 4.78 is 0. The first kappa shape index (κ1) is 20.6. The van der Waals surface area contributed by atoms with Crippen molar-refractivity contribution in [2.45, 2.75) is 40.2 Å². The molecule has 144 valence electrons. The van der Waals surface area contributed by atoms with Gasteiger partial charge in [0.05, 0.1) is 11.1 Å². The lowest BCUT2D eigenvalue weighted by atomic mass is 10.1. The summed E-state index contributed by atoms with van der Waals surface area (Å²) in [7, 11) is 0. The van der Waals surface area contributed by atoms with Crippen LogP contribution < -0.4 is 0 Å². The molecule has 5 nitrogen and oxygen atoms in total. The molecule has 0 N–H and O–H groups in total. The van der Waals surface area contributed by atoms with Crippen molar-refractivity contribution in [2.24, 2.45) is 0 Å². The van der Waals surface area contributed by atoms with Crippen LogP contribution >= 0.6 is 0 Å². The van der Waals surface area contributed by atoms with Gasteiger partial charge in [0, 0.05) is 38.6 Å². The molecule has 0 unspecified atom stereocenters. The third kappa shape index (κ3) is 5.64. The van der Waals surface area contributed by atoms with Crippen LogP contribution in [0.5, 0.6) is 0 Å². The lowest BCUT2D eigenvalue weighted by Crippen LogP contribution is -2.33. The molecule has 0 atom stereocenters. The van der Waals surface area contributed by atoms with E-state index in [0.717, 1.165) is 18.4 Å². The molecule has 1 aromatic heterocycles. The van der Waals surface area contributed by atoms with E-state index in [-0.39, 0.29) is 11.8 Å². The van der Waals surface area contributed by atoms with Gasteiger partial charge < -0.3 is 9.80 Å². The van der Waals surface area contributed by atoms with E-state index in [1.165, 1.54) is 6.20 Å². The predicted octanol–water partition coefficient (Wildman–Crippen LogP) is 4.01. The van der Waals surface area contributed by atoms with Gasteiger partial charge in [0.2, 0.25) is 0 Å². The summed E-state index contributed by atoms with van der Waals surface area (Å²) in [4.78, 5) is 33.5. The van der Waals surface area contributed by atoms with Crippen molar-refractivity contribution in [1.29, 1.82) is 0 Å². The molecule has 2 aromatic rings. The Morgan fingerprint density at radius 2 is 1.41 bits per heavy atom. The van der Waals surface area contributed by atoms with Crippen LogP contribution in [0, 0.1) is 0 Å². The van der Waals surface area contributed by atoms with Crippen LogP contribution in [0.15, 0.2) is 48.8 Å². The van der Waals surface area contributed by atoms with Crippen LogP contribution in [0.25, 0.3) is 0 Å². The molecule has 0 aliphatic carbocycles. The maximum Gasteiger partial charge on any atom is 0.255 e. The smallest absolute Gasteiger partial charge is 0.255 e. The monoisotopic (exact) mass is 367 g/mol. The number of aromatic nitrogens is 1. The molecule has 0 saturated carbocycles. The molecule has 0 spiro atoms. The number of benzene rings is 1. The maximum absolute atomic E-state index is 12.9. The van der Waals surface area contributed by atoms with Crippen molar-refractivity contribution >= 4 is 11.8 Å². The molecular weight excluding hydrogens is 338 g/mol. The zero-order valence-corrected chi connectivity index (χ0v) is 16.5. The van der Waals surface area contributed by atoms with E-state index in [1.54, 1.807) is 17.2 Å². The van der Waals surface area contributed by atoms with Gasteiger partial charge in [0.1, 0.15) is 0 Å². The predicted molar refractivity (Wildman–Crippen MR) is 108 cm³/mol. The minimum absolute atomic E-state index is 0.0630. The van der Waals surface area contributed by atoms with Crippen LogP contribution in [0.4, 0.5) is 0 Å². The van der Waals surface area contributed by atoms with E-state index in [2.05, 4.69) is 18.8 Å². The highest BCUT2D eigenvalue weighted by atomic mass is 16.2. The number of amides is 2. The minimum Gasteiger partial charge on any atom is -0.339 e. The standard InChI is InChI=1S/C22H29N3O2/c1-4-12-25(13-5-2)22(27)20-14-19(15-23-16-20)21(26)24(6-3)17-18-10-8-7-9-11-18/h7-11,14-16H,4-6,12-13,17H2,1-3H3. The van der Waals surface area contributed by atoms with E-state index < -0.39 is 0 Å². The highest BCUT2D eigenvalue weighted by Gasteiger charge is 2.19. The van der Waals surface area contributed by atoms with Gasteiger partial charge in [-0.25, -0.2) is 0 Å². The summed E-state index contributed by atoms with van der Waals surface area (Å²) >= 11 is 0. The van der Waals surface area contributed by atoms with E-state index in [4.69, 9.17) is 0 Å². The SMILES string of the molecule is CCCN(CCC)C(=O)c1cncc(C(=O)N(CC)Cc2ccccc2)c1. The summed E-state index contributed by atoms with van der Waals surface area (Å²) in [5, 5.41) is 0. The van der Waals surface area contributed by atoms with Gasteiger partial charge in [0.15, 0.2) is 0 Å². The van der Waals surface area contributed by atoms with Crippen molar-refractivity contribution in [3.63, 3.8) is 0 Å². The number of hydrogen-bond donors (Lipinski definition) is 0. The Bertz CT molecular complexity index is 740. The molecule has 1 heterocycles. The topological polar surface area (TPSA) is 53.5 Å². The van der Waals surface area contributed by atoms with Gasteiger partial charge in [0.25, 0.3) is 11.8 Å². The molecular formula is C22H29N3O2. The Labute approximate surface area is 162 Å². The van der Waals surface area contributed by atoms with Crippen LogP contribution in [0.1, 0.15) is 59.9 Å². The summed E-state index contributed by atoms with van der Waals surface area (Å²) in [5.41, 5.74) is 2.00. The summed E-state index contributed by atoms with van der Waals surface area (Å²) in [5.74, 6) is -0.173. The number of carbonyl (C=O) groups is 2. The van der Waals surface area contributed by atoms with E-state index in [9.17, 15) is 9.59 Å². The molecule has 0 saturated heterocycles. The third-order valence-corrected chi connectivity index (χ3v) is 4.39. The molecule has 1 aromatic carbocycles. The molecule has 27 heavy (non-hydrogen) atoms. The number of carbonyl (C=O) groups excluding carboxylic acids is 2. The van der Waals surface area contributed by atoms with Gasteiger partial charge in [-0.15, -0.1) is 0 Å². The molecule has 0 radical (unpaired) electrons. The molecule has 0 aliphatic rings. The molecule has 0 aliphatic heterocycles.